The molecule has 2 aliphatic rings. The average molecular weight is 393 g/mol. The van der Waals surface area contributed by atoms with E-state index in [0.717, 1.165) is 22.7 Å². The lowest BCUT2D eigenvalue weighted by molar-refractivity contribution is -0.194. The lowest BCUT2D eigenvalue weighted by Gasteiger charge is -2.44. The molecule has 1 aromatic rings. The number of aliphatic hydroxyl groups is 2. The molecule has 2 heterocycles. The molecule has 0 aromatic heterocycles. The maximum absolute atomic E-state index is 12.9. The van der Waals surface area contributed by atoms with Gasteiger partial charge in [0.25, 0.3) is 5.91 Å². The van der Waals surface area contributed by atoms with Crippen LogP contribution in [-0.4, -0.2) is 65.8 Å². The molecule has 1 aromatic carbocycles. The zero-order valence-corrected chi connectivity index (χ0v) is 17.8. The third kappa shape index (κ3) is 4.60. The molecule has 150 valence electrons. The first-order valence-corrected chi connectivity index (χ1v) is 13.5. The Kier molecular flexibility index (Phi) is 6.07. The second-order valence-corrected chi connectivity index (χ2v) is 14.6. The fourth-order valence-corrected chi connectivity index (χ4v) is 4.52. The molecule has 0 bridgehead atoms. The molecular weight excluding hydrogens is 360 g/mol. The van der Waals surface area contributed by atoms with Crippen LogP contribution in [0.3, 0.4) is 0 Å². The number of carbonyl (C=O) groups excluding carboxylic acids is 1. The molecule has 3 rings (SSSR count). The molecule has 0 radical (unpaired) electrons. The predicted molar refractivity (Wildman–Crippen MR) is 107 cm³/mol. The van der Waals surface area contributed by atoms with Crippen molar-refractivity contribution < 1.29 is 19.7 Å². The molecule has 27 heavy (non-hydrogen) atoms. The summed E-state index contributed by atoms with van der Waals surface area (Å²) < 4.78 is 5.74. The number of hydrogen-bond donors (Lipinski definition) is 2. The van der Waals surface area contributed by atoms with Crippen LogP contribution < -0.4 is 0 Å². The lowest BCUT2D eigenvalue weighted by atomic mass is 10.0. The van der Waals surface area contributed by atoms with Crippen molar-refractivity contribution in [1.29, 1.82) is 0 Å². The molecule has 0 spiro atoms. The van der Waals surface area contributed by atoms with Gasteiger partial charge in [0, 0.05) is 26.8 Å². The highest BCUT2D eigenvalue weighted by molar-refractivity contribution is 6.76. The van der Waals surface area contributed by atoms with Crippen LogP contribution in [0.25, 0.3) is 0 Å². The number of amides is 1. The number of likely N-dealkylation sites (tertiary alicyclic amines) is 1. The molecule has 1 fully saturated rings. The molecule has 0 aliphatic carbocycles. The summed E-state index contributed by atoms with van der Waals surface area (Å²) in [5, 5.41) is 21.2. The number of aryl methyl sites for hydroxylation is 1. The van der Waals surface area contributed by atoms with Gasteiger partial charge in [-0.1, -0.05) is 37.3 Å². The van der Waals surface area contributed by atoms with Gasteiger partial charge >= 0.3 is 0 Å². The molecule has 1 saturated heterocycles. The maximum atomic E-state index is 12.9. The highest BCUT2D eigenvalue weighted by atomic mass is 28.3. The summed E-state index contributed by atoms with van der Waals surface area (Å²) in [5.41, 5.74) is 2.79. The van der Waals surface area contributed by atoms with Crippen molar-refractivity contribution in [1.82, 2.24) is 9.80 Å². The Balaban J connectivity index is 1.64. The van der Waals surface area contributed by atoms with Gasteiger partial charge in [-0.3, -0.25) is 4.79 Å². The van der Waals surface area contributed by atoms with Crippen LogP contribution >= 0.6 is 0 Å². The molecule has 1 amide bonds. The molecule has 0 saturated carbocycles. The SMILES string of the molecule is Cc1ccc2c(c1)C(=O)N(C1CCC(O)N(COCC[Si](C)(C)C)C1O)C2. The van der Waals surface area contributed by atoms with Gasteiger partial charge in [-0.2, -0.15) is 0 Å². The van der Waals surface area contributed by atoms with Crippen LogP contribution in [0.2, 0.25) is 25.7 Å². The predicted octanol–water partition coefficient (Wildman–Crippen LogP) is 2.36. The van der Waals surface area contributed by atoms with Crippen molar-refractivity contribution in [2.45, 2.75) is 70.5 Å². The number of piperidine rings is 1. The third-order valence-corrected chi connectivity index (χ3v) is 7.23. The Labute approximate surface area is 162 Å². The molecule has 2 aliphatic heterocycles. The zero-order chi connectivity index (χ0) is 19.8. The smallest absolute Gasteiger partial charge is 0.254 e. The maximum Gasteiger partial charge on any atom is 0.254 e. The van der Waals surface area contributed by atoms with Crippen LogP contribution in [-0.2, 0) is 11.3 Å². The molecule has 3 atom stereocenters. The van der Waals surface area contributed by atoms with Crippen molar-refractivity contribution in [3.8, 4) is 0 Å². The van der Waals surface area contributed by atoms with Gasteiger partial charge in [-0.15, -0.1) is 0 Å². The summed E-state index contributed by atoms with van der Waals surface area (Å²) in [6.45, 7) is 10.2. The summed E-state index contributed by atoms with van der Waals surface area (Å²) >= 11 is 0. The van der Waals surface area contributed by atoms with E-state index in [2.05, 4.69) is 19.6 Å². The monoisotopic (exact) mass is 392 g/mol. The summed E-state index contributed by atoms with van der Waals surface area (Å²) in [6, 6.07) is 6.61. The van der Waals surface area contributed by atoms with Crippen LogP contribution in [0.15, 0.2) is 18.2 Å². The van der Waals surface area contributed by atoms with Gasteiger partial charge in [0.1, 0.15) is 19.2 Å². The minimum atomic E-state index is -1.18. The topological polar surface area (TPSA) is 73.2 Å². The Bertz CT molecular complexity index is 691. The van der Waals surface area contributed by atoms with Crippen molar-refractivity contribution in [3.63, 3.8) is 0 Å². The van der Waals surface area contributed by atoms with Crippen molar-refractivity contribution in [3.05, 3.63) is 34.9 Å². The standard InChI is InChI=1S/C20H32N2O4Si/c1-14-5-6-15-12-21(19(24)16(15)11-14)17-7-8-18(23)22(20(17)25)13-26-9-10-27(2,3)4/h5-6,11,17-18,20,23,25H,7-10,12-13H2,1-4H3. The Hall–Kier alpha value is -1.25. The van der Waals surface area contributed by atoms with E-state index in [1.54, 1.807) is 9.80 Å². The number of aliphatic hydroxyl groups excluding tert-OH is 2. The van der Waals surface area contributed by atoms with E-state index < -0.39 is 20.5 Å². The van der Waals surface area contributed by atoms with E-state index in [1.165, 1.54) is 0 Å². The summed E-state index contributed by atoms with van der Waals surface area (Å²) in [6.07, 6.45) is -0.588. The summed E-state index contributed by atoms with van der Waals surface area (Å²) in [5.74, 6) is -0.0336. The second kappa shape index (κ2) is 8.01. The number of benzene rings is 1. The summed E-state index contributed by atoms with van der Waals surface area (Å²) in [4.78, 5) is 16.2. The van der Waals surface area contributed by atoms with Crippen LogP contribution in [0.4, 0.5) is 0 Å². The van der Waals surface area contributed by atoms with Gasteiger partial charge in [0.05, 0.1) is 6.04 Å². The summed E-state index contributed by atoms with van der Waals surface area (Å²) in [7, 11) is -1.18. The zero-order valence-electron chi connectivity index (χ0n) is 16.8. The van der Waals surface area contributed by atoms with Crippen LogP contribution in [0, 0.1) is 6.92 Å². The minimum absolute atomic E-state index is 0.0336. The Morgan fingerprint density at radius 2 is 1.96 bits per heavy atom. The Morgan fingerprint density at radius 1 is 1.22 bits per heavy atom. The van der Waals surface area contributed by atoms with Crippen molar-refractivity contribution >= 4 is 14.0 Å². The first-order chi connectivity index (χ1) is 12.7. The first kappa shape index (κ1) is 20.5. The van der Waals surface area contributed by atoms with Gasteiger partial charge in [-0.25, -0.2) is 4.90 Å². The lowest BCUT2D eigenvalue weighted by Crippen LogP contribution is -2.59. The van der Waals surface area contributed by atoms with E-state index in [0.29, 0.717) is 26.0 Å². The quantitative estimate of drug-likeness (QED) is 0.574. The highest BCUT2D eigenvalue weighted by Gasteiger charge is 2.42. The molecular formula is C20H32N2O4Si. The second-order valence-electron chi connectivity index (χ2n) is 8.99. The fraction of sp³-hybridized carbons (Fsp3) is 0.650. The Morgan fingerprint density at radius 3 is 2.67 bits per heavy atom. The van der Waals surface area contributed by atoms with E-state index >= 15 is 0 Å². The normalized spacial score (nSPS) is 26.5. The number of fused-ring (bicyclic) bond motifs is 1. The molecule has 6 nitrogen and oxygen atoms in total. The number of rotatable bonds is 6. The van der Waals surface area contributed by atoms with E-state index in [4.69, 9.17) is 4.74 Å². The first-order valence-electron chi connectivity index (χ1n) is 9.77. The van der Waals surface area contributed by atoms with Gasteiger partial charge in [0.2, 0.25) is 0 Å². The number of nitrogens with zero attached hydrogens (tertiary/aromatic N) is 2. The van der Waals surface area contributed by atoms with Crippen molar-refractivity contribution in [2.75, 3.05) is 13.3 Å². The van der Waals surface area contributed by atoms with E-state index in [-0.39, 0.29) is 18.7 Å². The molecule has 3 unspecified atom stereocenters. The highest BCUT2D eigenvalue weighted by Crippen LogP contribution is 2.32. The third-order valence-electron chi connectivity index (χ3n) is 5.52. The number of carbonyl (C=O) groups is 1. The number of ether oxygens (including phenoxy) is 1. The minimum Gasteiger partial charge on any atom is -0.378 e. The van der Waals surface area contributed by atoms with Crippen molar-refractivity contribution in [2.24, 2.45) is 0 Å². The average Bonchev–Trinajstić information content (AvgIpc) is 2.89. The van der Waals surface area contributed by atoms with E-state index in [1.807, 2.05) is 25.1 Å². The largest absolute Gasteiger partial charge is 0.378 e. The van der Waals surface area contributed by atoms with Gasteiger partial charge in [-0.05, 0) is 37.4 Å². The number of hydrogen-bond acceptors (Lipinski definition) is 5. The molecule has 7 heteroatoms. The fourth-order valence-electron chi connectivity index (χ4n) is 3.76. The van der Waals surface area contributed by atoms with E-state index in [9.17, 15) is 15.0 Å². The van der Waals surface area contributed by atoms with Crippen LogP contribution in [0.1, 0.15) is 34.3 Å². The van der Waals surface area contributed by atoms with Gasteiger partial charge in [0.15, 0.2) is 0 Å². The molecule has 2 N–H and O–H groups in total. The van der Waals surface area contributed by atoms with Crippen LogP contribution in [0.5, 0.6) is 0 Å². The van der Waals surface area contributed by atoms with Gasteiger partial charge < -0.3 is 19.8 Å².